The molecule has 1 saturated heterocycles. The Morgan fingerprint density at radius 3 is 2.93 bits per heavy atom. The van der Waals surface area contributed by atoms with E-state index in [9.17, 15) is 9.18 Å². The molecule has 1 aromatic heterocycles. The molecule has 1 atom stereocenters. The smallest absolute Gasteiger partial charge is 0.257 e. The van der Waals surface area contributed by atoms with E-state index < -0.39 is 17.8 Å². The van der Waals surface area contributed by atoms with Crippen molar-refractivity contribution in [2.75, 3.05) is 13.7 Å². The normalized spacial score (nSPS) is 15.9. The van der Waals surface area contributed by atoms with Gasteiger partial charge in [-0.2, -0.15) is 10.2 Å². The highest BCUT2D eigenvalue weighted by atomic mass is 19.1. The largest absolute Gasteiger partial charge is 0.496 e. The van der Waals surface area contributed by atoms with Gasteiger partial charge < -0.3 is 14.2 Å². The van der Waals surface area contributed by atoms with E-state index in [4.69, 9.17) is 14.5 Å². The first-order valence-electron chi connectivity index (χ1n) is 9.10. The average molecular weight is 392 g/mol. The molecule has 146 valence electrons. The van der Waals surface area contributed by atoms with Crippen molar-refractivity contribution in [1.82, 2.24) is 15.0 Å². The predicted octanol–water partition coefficient (Wildman–Crippen LogP) is 3.73. The van der Waals surface area contributed by atoms with E-state index in [1.54, 1.807) is 13.2 Å². The van der Waals surface area contributed by atoms with Gasteiger partial charge in [-0.25, -0.2) is 4.39 Å². The Labute approximate surface area is 166 Å². The minimum atomic E-state index is -0.722. The van der Waals surface area contributed by atoms with E-state index in [0.717, 1.165) is 12.5 Å². The second-order valence-corrected chi connectivity index (χ2v) is 6.62. The number of rotatable bonds is 4. The first kappa shape index (κ1) is 18.6. The molecule has 0 spiro atoms. The van der Waals surface area contributed by atoms with Crippen LogP contribution in [0.15, 0.2) is 47.0 Å². The minimum Gasteiger partial charge on any atom is -0.496 e. The first-order valence-corrected chi connectivity index (χ1v) is 9.10. The van der Waals surface area contributed by atoms with Crippen molar-refractivity contribution in [2.24, 2.45) is 0 Å². The fourth-order valence-electron chi connectivity index (χ4n) is 3.49. The van der Waals surface area contributed by atoms with Gasteiger partial charge in [0, 0.05) is 6.54 Å². The highest BCUT2D eigenvalue weighted by molar-refractivity contribution is 5.95. The Kier molecular flexibility index (Phi) is 4.96. The number of carbonyl (C=O) groups excluding carboxylic acids is 1. The summed E-state index contributed by atoms with van der Waals surface area (Å²) in [6, 6.07) is 12.5. The van der Waals surface area contributed by atoms with Gasteiger partial charge in [-0.3, -0.25) is 4.79 Å². The van der Waals surface area contributed by atoms with Crippen LogP contribution >= 0.6 is 0 Å². The van der Waals surface area contributed by atoms with Gasteiger partial charge >= 0.3 is 0 Å². The van der Waals surface area contributed by atoms with Gasteiger partial charge in [-0.15, -0.1) is 0 Å². The molecule has 0 bridgehead atoms. The average Bonchev–Trinajstić information content (AvgIpc) is 3.42. The fourth-order valence-corrected chi connectivity index (χ4v) is 3.49. The Balaban J connectivity index is 1.62. The summed E-state index contributed by atoms with van der Waals surface area (Å²) in [7, 11) is 1.56. The van der Waals surface area contributed by atoms with E-state index in [2.05, 4.69) is 10.1 Å². The maximum atomic E-state index is 14.3. The molecule has 29 heavy (non-hydrogen) atoms. The summed E-state index contributed by atoms with van der Waals surface area (Å²) in [5.74, 6) is 0.0810. The summed E-state index contributed by atoms with van der Waals surface area (Å²) in [5.41, 5.74) is 0.759. The number of methoxy groups -OCH3 is 1. The second kappa shape index (κ2) is 7.72. The number of para-hydroxylation sites is 1. The molecule has 1 aliphatic heterocycles. The Bertz CT molecular complexity index is 1110. The number of hydrogen-bond acceptors (Lipinski definition) is 6. The Morgan fingerprint density at radius 1 is 1.34 bits per heavy atom. The third-order valence-electron chi connectivity index (χ3n) is 4.92. The number of halogens is 1. The van der Waals surface area contributed by atoms with E-state index in [0.29, 0.717) is 36.0 Å². The lowest BCUT2D eigenvalue weighted by atomic mass is 10.1. The van der Waals surface area contributed by atoms with Gasteiger partial charge in [0.25, 0.3) is 5.91 Å². The number of ether oxygens (including phenoxy) is 1. The van der Waals surface area contributed by atoms with Gasteiger partial charge in [-0.05, 0) is 43.2 Å². The van der Waals surface area contributed by atoms with Crippen LogP contribution in [0.5, 0.6) is 5.75 Å². The number of hydrogen-bond donors (Lipinski definition) is 0. The fraction of sp³-hybridized carbons (Fsp3) is 0.238. The van der Waals surface area contributed by atoms with Gasteiger partial charge in [0.05, 0.1) is 29.9 Å². The van der Waals surface area contributed by atoms with Crippen LogP contribution in [0.2, 0.25) is 0 Å². The van der Waals surface area contributed by atoms with Crippen LogP contribution in [0.3, 0.4) is 0 Å². The molecule has 7 nitrogen and oxygen atoms in total. The molecule has 2 aromatic carbocycles. The van der Waals surface area contributed by atoms with E-state index >= 15 is 0 Å². The molecule has 2 heterocycles. The number of benzene rings is 2. The summed E-state index contributed by atoms with van der Waals surface area (Å²) in [6.07, 6.45) is 1.37. The van der Waals surface area contributed by atoms with E-state index in [-0.39, 0.29) is 11.1 Å². The molecule has 0 N–H and O–H groups in total. The van der Waals surface area contributed by atoms with Crippen LogP contribution < -0.4 is 4.74 Å². The number of aromatic nitrogens is 2. The number of nitrogens with zero attached hydrogens (tertiary/aromatic N) is 4. The Hall–Kier alpha value is -3.73. The highest BCUT2D eigenvalue weighted by Gasteiger charge is 2.35. The minimum absolute atomic E-state index is 0.0830. The number of likely N-dealkylation sites (tertiary alicyclic amines) is 1. The zero-order chi connectivity index (χ0) is 20.4. The van der Waals surface area contributed by atoms with Crippen LogP contribution in [0, 0.1) is 17.1 Å². The highest BCUT2D eigenvalue weighted by Crippen LogP contribution is 2.35. The zero-order valence-corrected chi connectivity index (χ0v) is 15.6. The maximum absolute atomic E-state index is 14.3. The van der Waals surface area contributed by atoms with Crippen molar-refractivity contribution in [3.63, 3.8) is 0 Å². The molecule has 1 aliphatic rings. The summed E-state index contributed by atoms with van der Waals surface area (Å²) >= 11 is 0. The lowest BCUT2D eigenvalue weighted by Crippen LogP contribution is -2.31. The molecular formula is C21H17FN4O3. The summed E-state index contributed by atoms with van der Waals surface area (Å²) in [5, 5.41) is 12.9. The topological polar surface area (TPSA) is 92.3 Å². The van der Waals surface area contributed by atoms with Gasteiger partial charge in [-0.1, -0.05) is 17.3 Å². The summed E-state index contributed by atoms with van der Waals surface area (Å²) in [6.45, 7) is 0.454. The van der Waals surface area contributed by atoms with Crippen molar-refractivity contribution in [3.8, 4) is 23.2 Å². The summed E-state index contributed by atoms with van der Waals surface area (Å²) < 4.78 is 25.1. The zero-order valence-electron chi connectivity index (χ0n) is 15.6. The molecule has 0 aliphatic carbocycles. The molecule has 1 amide bonds. The van der Waals surface area contributed by atoms with Gasteiger partial charge in [0.15, 0.2) is 0 Å². The number of amides is 1. The predicted molar refractivity (Wildman–Crippen MR) is 100 cm³/mol. The van der Waals surface area contributed by atoms with Crippen molar-refractivity contribution in [2.45, 2.75) is 18.9 Å². The first-order chi connectivity index (χ1) is 14.1. The molecule has 1 fully saturated rings. The van der Waals surface area contributed by atoms with Gasteiger partial charge in [0.1, 0.15) is 17.6 Å². The molecule has 4 rings (SSSR count). The van der Waals surface area contributed by atoms with Crippen LogP contribution in [0.4, 0.5) is 4.39 Å². The maximum Gasteiger partial charge on any atom is 0.257 e. The van der Waals surface area contributed by atoms with Crippen molar-refractivity contribution < 1.29 is 18.4 Å². The third-order valence-corrected chi connectivity index (χ3v) is 4.92. The van der Waals surface area contributed by atoms with Crippen molar-refractivity contribution in [3.05, 3.63) is 65.3 Å². The molecule has 8 heteroatoms. The van der Waals surface area contributed by atoms with E-state index in [1.165, 1.54) is 17.0 Å². The number of carbonyl (C=O) groups is 1. The second-order valence-electron chi connectivity index (χ2n) is 6.62. The molecule has 0 saturated carbocycles. The standard InChI is InChI=1S/C21H17FN4O3/c1-28-18-7-3-2-5-15(18)19-24-20(29-25-19)17-6-4-10-26(17)21(27)14-9-8-13(12-23)11-16(14)22/h2-3,5,7-9,11,17H,4,6,10H2,1H3/t17-/m1/s1. The lowest BCUT2D eigenvalue weighted by molar-refractivity contribution is 0.0705. The molecule has 0 unspecified atom stereocenters. The number of nitriles is 1. The lowest BCUT2D eigenvalue weighted by Gasteiger charge is -2.22. The van der Waals surface area contributed by atoms with Crippen LogP contribution in [-0.2, 0) is 0 Å². The molecule has 3 aromatic rings. The molecule has 0 radical (unpaired) electrons. The van der Waals surface area contributed by atoms with E-state index in [1.807, 2.05) is 24.3 Å². The molecular weight excluding hydrogens is 375 g/mol. The van der Waals surface area contributed by atoms with Crippen molar-refractivity contribution >= 4 is 5.91 Å². The van der Waals surface area contributed by atoms with Crippen LogP contribution in [0.1, 0.15) is 40.7 Å². The van der Waals surface area contributed by atoms with Crippen molar-refractivity contribution in [1.29, 1.82) is 5.26 Å². The van der Waals surface area contributed by atoms with Gasteiger partial charge in [0.2, 0.25) is 11.7 Å². The quantitative estimate of drug-likeness (QED) is 0.672. The monoisotopic (exact) mass is 392 g/mol. The third kappa shape index (κ3) is 3.43. The van der Waals surface area contributed by atoms with Crippen LogP contribution in [-0.4, -0.2) is 34.6 Å². The Morgan fingerprint density at radius 2 is 2.17 bits per heavy atom. The SMILES string of the molecule is COc1ccccc1-c1noc([C@H]2CCCN2C(=O)c2ccc(C#N)cc2F)n1. The summed E-state index contributed by atoms with van der Waals surface area (Å²) in [4.78, 5) is 18.9. The van der Waals surface area contributed by atoms with Crippen LogP contribution in [0.25, 0.3) is 11.4 Å².